The van der Waals surface area contributed by atoms with Crippen LogP contribution < -0.4 is 5.32 Å². The lowest BCUT2D eigenvalue weighted by Crippen LogP contribution is -2.34. The SMILES string of the molecule is CC(CNc1nc2sccn2c1[N+](=O)[O-])N(C)Cc1ccccc1. The summed E-state index contributed by atoms with van der Waals surface area (Å²) in [6, 6.07) is 10.4. The number of imidazole rings is 1. The van der Waals surface area contributed by atoms with Crippen molar-refractivity contribution < 1.29 is 4.92 Å². The third-order valence-corrected chi connectivity index (χ3v) is 4.76. The number of hydrogen-bond donors (Lipinski definition) is 1. The number of aromatic nitrogens is 2. The van der Waals surface area contributed by atoms with E-state index in [4.69, 9.17) is 0 Å². The predicted octanol–water partition coefficient (Wildman–Crippen LogP) is 3.24. The minimum atomic E-state index is -0.395. The standard InChI is InChI=1S/C16H19N5O2S/c1-12(19(2)11-13-6-4-3-5-7-13)10-17-14-15(21(22)23)20-8-9-24-16(20)18-14/h3-9,12,17H,10-11H2,1-2H3. The minimum Gasteiger partial charge on any atom is -0.361 e. The van der Waals surface area contributed by atoms with Crippen molar-refractivity contribution in [2.75, 3.05) is 18.9 Å². The number of nitrogens with one attached hydrogen (secondary N) is 1. The van der Waals surface area contributed by atoms with E-state index < -0.39 is 4.92 Å². The number of fused-ring (bicyclic) bond motifs is 1. The van der Waals surface area contributed by atoms with Gasteiger partial charge in [-0.1, -0.05) is 41.7 Å². The number of thiazole rings is 1. The molecule has 0 fully saturated rings. The number of anilines is 1. The Kier molecular flexibility index (Phi) is 4.77. The second-order valence-electron chi connectivity index (χ2n) is 5.73. The molecule has 0 bridgehead atoms. The smallest absolute Gasteiger partial charge is 0.361 e. The molecule has 24 heavy (non-hydrogen) atoms. The fourth-order valence-corrected chi connectivity index (χ4v) is 3.20. The highest BCUT2D eigenvalue weighted by molar-refractivity contribution is 7.15. The molecule has 0 aliphatic carbocycles. The molecular formula is C16H19N5O2S. The summed E-state index contributed by atoms with van der Waals surface area (Å²) in [7, 11) is 2.04. The summed E-state index contributed by atoms with van der Waals surface area (Å²) < 4.78 is 1.51. The largest absolute Gasteiger partial charge is 0.372 e. The van der Waals surface area contributed by atoms with E-state index in [1.807, 2.05) is 25.2 Å². The molecule has 0 saturated heterocycles. The molecule has 3 rings (SSSR count). The third-order valence-electron chi connectivity index (χ3n) is 4.00. The summed E-state index contributed by atoms with van der Waals surface area (Å²) in [6.45, 7) is 3.49. The van der Waals surface area contributed by atoms with Crippen LogP contribution in [0.25, 0.3) is 4.96 Å². The first-order chi connectivity index (χ1) is 11.6. The van der Waals surface area contributed by atoms with Crippen molar-refractivity contribution in [3.8, 4) is 0 Å². The summed E-state index contributed by atoms with van der Waals surface area (Å²) in [6.07, 6.45) is 1.67. The maximum absolute atomic E-state index is 11.3. The van der Waals surface area contributed by atoms with Crippen molar-refractivity contribution in [1.29, 1.82) is 0 Å². The van der Waals surface area contributed by atoms with E-state index in [1.54, 1.807) is 11.6 Å². The lowest BCUT2D eigenvalue weighted by Gasteiger charge is -2.24. The Morgan fingerprint density at radius 2 is 2.17 bits per heavy atom. The van der Waals surface area contributed by atoms with Gasteiger partial charge in [-0.05, 0) is 24.5 Å². The van der Waals surface area contributed by atoms with Crippen LogP contribution in [0.4, 0.5) is 11.6 Å². The lowest BCUT2D eigenvalue weighted by molar-refractivity contribution is -0.389. The van der Waals surface area contributed by atoms with Gasteiger partial charge < -0.3 is 15.4 Å². The third kappa shape index (κ3) is 3.39. The van der Waals surface area contributed by atoms with E-state index >= 15 is 0 Å². The Hall–Kier alpha value is -2.45. The Labute approximate surface area is 143 Å². The zero-order chi connectivity index (χ0) is 17.1. The molecule has 7 nitrogen and oxygen atoms in total. The molecule has 1 aromatic carbocycles. The normalized spacial score (nSPS) is 12.6. The van der Waals surface area contributed by atoms with Crippen LogP contribution in [-0.2, 0) is 6.54 Å². The van der Waals surface area contributed by atoms with E-state index in [0.29, 0.717) is 17.3 Å². The van der Waals surface area contributed by atoms with Gasteiger partial charge in [-0.15, -0.1) is 0 Å². The van der Waals surface area contributed by atoms with Gasteiger partial charge in [0.05, 0.1) is 0 Å². The number of nitro groups is 1. The molecule has 2 heterocycles. The molecule has 1 atom stereocenters. The number of rotatable bonds is 7. The molecule has 0 spiro atoms. The van der Waals surface area contributed by atoms with Crippen molar-refractivity contribution in [2.24, 2.45) is 0 Å². The Morgan fingerprint density at radius 1 is 1.42 bits per heavy atom. The molecule has 0 saturated carbocycles. The Morgan fingerprint density at radius 3 is 2.88 bits per heavy atom. The topological polar surface area (TPSA) is 75.7 Å². The quantitative estimate of drug-likeness (QED) is 0.525. The predicted molar refractivity (Wildman–Crippen MR) is 95.6 cm³/mol. The average molecular weight is 345 g/mol. The van der Waals surface area contributed by atoms with Crippen LogP contribution in [-0.4, -0.2) is 38.8 Å². The van der Waals surface area contributed by atoms with Gasteiger partial charge in [-0.2, -0.15) is 9.38 Å². The summed E-state index contributed by atoms with van der Waals surface area (Å²) in [5.41, 5.74) is 1.24. The van der Waals surface area contributed by atoms with Gasteiger partial charge in [0.2, 0.25) is 5.82 Å². The number of nitrogens with zero attached hydrogens (tertiary/aromatic N) is 4. The van der Waals surface area contributed by atoms with Crippen LogP contribution in [0.5, 0.6) is 0 Å². The highest BCUT2D eigenvalue weighted by Crippen LogP contribution is 2.28. The maximum atomic E-state index is 11.3. The van der Waals surface area contributed by atoms with Crippen LogP contribution in [0, 0.1) is 10.1 Å². The highest BCUT2D eigenvalue weighted by atomic mass is 32.1. The van der Waals surface area contributed by atoms with Gasteiger partial charge >= 0.3 is 5.82 Å². The summed E-state index contributed by atoms with van der Waals surface area (Å²) in [5.74, 6) is 0.316. The highest BCUT2D eigenvalue weighted by Gasteiger charge is 2.24. The molecule has 1 unspecified atom stereocenters. The zero-order valence-corrected chi connectivity index (χ0v) is 14.4. The molecule has 1 N–H and O–H groups in total. The summed E-state index contributed by atoms with van der Waals surface area (Å²) >= 11 is 1.38. The van der Waals surface area contributed by atoms with E-state index in [-0.39, 0.29) is 11.9 Å². The first-order valence-corrected chi connectivity index (χ1v) is 8.52. The summed E-state index contributed by atoms with van der Waals surface area (Å²) in [5, 5.41) is 16.2. The molecule has 0 amide bonds. The van der Waals surface area contributed by atoms with Gasteiger partial charge in [0.15, 0.2) is 0 Å². The molecule has 0 aliphatic rings. The maximum Gasteiger partial charge on any atom is 0.372 e. The second kappa shape index (κ2) is 6.98. The van der Waals surface area contributed by atoms with Crippen molar-refractivity contribution in [3.05, 3.63) is 57.6 Å². The van der Waals surface area contributed by atoms with E-state index in [1.165, 1.54) is 21.3 Å². The van der Waals surface area contributed by atoms with Crippen LogP contribution in [0.15, 0.2) is 41.9 Å². The van der Waals surface area contributed by atoms with Crippen molar-refractivity contribution in [3.63, 3.8) is 0 Å². The van der Waals surface area contributed by atoms with Gasteiger partial charge in [0.1, 0.15) is 6.20 Å². The Balaban J connectivity index is 1.65. The number of benzene rings is 1. The van der Waals surface area contributed by atoms with E-state index in [9.17, 15) is 10.1 Å². The van der Waals surface area contributed by atoms with E-state index in [0.717, 1.165) is 6.54 Å². The molecular weight excluding hydrogens is 326 g/mol. The second-order valence-corrected chi connectivity index (χ2v) is 6.60. The van der Waals surface area contributed by atoms with E-state index in [2.05, 4.69) is 34.3 Å². The molecule has 2 aromatic heterocycles. The van der Waals surface area contributed by atoms with Crippen LogP contribution in [0.3, 0.4) is 0 Å². The van der Waals surface area contributed by atoms with Crippen molar-refractivity contribution >= 4 is 27.9 Å². The molecule has 0 aliphatic heterocycles. The monoisotopic (exact) mass is 345 g/mol. The first kappa shape index (κ1) is 16.4. The fourth-order valence-electron chi connectivity index (χ4n) is 2.49. The Bertz CT molecular complexity index is 829. The van der Waals surface area contributed by atoms with Crippen LogP contribution >= 0.6 is 11.3 Å². The molecule has 126 valence electrons. The number of likely N-dealkylation sites (N-methyl/N-ethyl adjacent to an activating group) is 1. The average Bonchev–Trinajstić information content (AvgIpc) is 3.13. The number of hydrogen-bond acceptors (Lipinski definition) is 6. The minimum absolute atomic E-state index is 0.0100. The summed E-state index contributed by atoms with van der Waals surface area (Å²) in [4.78, 5) is 18.1. The van der Waals surface area contributed by atoms with Crippen LogP contribution in [0.1, 0.15) is 12.5 Å². The van der Waals surface area contributed by atoms with Crippen LogP contribution in [0.2, 0.25) is 0 Å². The molecule has 3 aromatic rings. The van der Waals surface area contributed by atoms with Gasteiger partial charge in [0, 0.05) is 24.5 Å². The molecule has 0 radical (unpaired) electrons. The lowest BCUT2D eigenvalue weighted by atomic mass is 10.2. The van der Waals surface area contributed by atoms with Gasteiger partial charge in [-0.25, -0.2) is 0 Å². The van der Waals surface area contributed by atoms with Crippen molar-refractivity contribution in [1.82, 2.24) is 14.3 Å². The zero-order valence-electron chi connectivity index (χ0n) is 13.5. The molecule has 8 heteroatoms. The fraction of sp³-hybridized carbons (Fsp3) is 0.312. The van der Waals surface area contributed by atoms with Gasteiger partial charge in [-0.3, -0.25) is 4.90 Å². The van der Waals surface area contributed by atoms with Gasteiger partial charge in [0.25, 0.3) is 4.96 Å². The first-order valence-electron chi connectivity index (χ1n) is 7.64. The van der Waals surface area contributed by atoms with Crippen molar-refractivity contribution in [2.45, 2.75) is 19.5 Å².